The maximum Gasteiger partial charge on any atom is 0.357 e. The Morgan fingerprint density at radius 1 is 1.06 bits per heavy atom. The van der Waals surface area contributed by atoms with Gasteiger partial charge >= 0.3 is 5.97 Å². The summed E-state index contributed by atoms with van der Waals surface area (Å²) in [5.74, 6) is -1.02. The molecule has 0 bridgehead atoms. The maximum absolute atomic E-state index is 12.7. The highest BCUT2D eigenvalue weighted by Gasteiger charge is 2.29. The van der Waals surface area contributed by atoms with Gasteiger partial charge in [-0.05, 0) is 49.2 Å². The molecule has 2 N–H and O–H groups in total. The highest BCUT2D eigenvalue weighted by Crippen LogP contribution is 2.39. The van der Waals surface area contributed by atoms with E-state index in [4.69, 9.17) is 4.74 Å². The van der Waals surface area contributed by atoms with Crippen LogP contribution in [0.3, 0.4) is 0 Å². The Balaban J connectivity index is 1.43. The van der Waals surface area contributed by atoms with Gasteiger partial charge in [0, 0.05) is 24.2 Å². The average molecular weight is 418 g/mol. The van der Waals surface area contributed by atoms with Crippen LogP contribution in [0.15, 0.2) is 60.7 Å². The first-order valence-electron chi connectivity index (χ1n) is 9.99. The van der Waals surface area contributed by atoms with Crippen LogP contribution >= 0.6 is 0 Å². The molecule has 1 heterocycles. The van der Waals surface area contributed by atoms with Gasteiger partial charge in [-0.15, -0.1) is 0 Å². The van der Waals surface area contributed by atoms with E-state index in [-0.39, 0.29) is 11.6 Å². The number of benzene rings is 2. The minimum absolute atomic E-state index is 0.261. The lowest BCUT2D eigenvalue weighted by Crippen LogP contribution is -2.22. The number of hydrogen-bond donors (Lipinski definition) is 2. The minimum atomic E-state index is -0.627. The second-order valence-corrected chi connectivity index (χ2v) is 7.26. The van der Waals surface area contributed by atoms with Crippen LogP contribution in [0, 0.1) is 0 Å². The fraction of sp³-hybridized carbons (Fsp3) is 0.217. The van der Waals surface area contributed by atoms with Crippen molar-refractivity contribution in [2.24, 2.45) is 0 Å². The third-order valence-corrected chi connectivity index (χ3v) is 4.90. The molecule has 1 aromatic heterocycles. The molecule has 8 nitrogen and oxygen atoms in total. The predicted octanol–water partition coefficient (Wildman–Crippen LogP) is 2.90. The number of aromatic nitrogens is 2. The lowest BCUT2D eigenvalue weighted by atomic mass is 10.2. The van der Waals surface area contributed by atoms with Crippen molar-refractivity contribution in [3.05, 3.63) is 77.6 Å². The van der Waals surface area contributed by atoms with E-state index in [1.807, 2.05) is 30.3 Å². The first-order valence-corrected chi connectivity index (χ1v) is 9.99. The number of hydrogen-bond acceptors (Lipinski definition) is 5. The van der Waals surface area contributed by atoms with Gasteiger partial charge in [-0.25, -0.2) is 9.48 Å². The van der Waals surface area contributed by atoms with E-state index in [9.17, 15) is 14.4 Å². The van der Waals surface area contributed by atoms with Crippen LogP contribution in [-0.2, 0) is 9.53 Å². The number of carbonyl (C=O) groups is 3. The molecule has 8 heteroatoms. The molecule has 0 unspecified atom stereocenters. The summed E-state index contributed by atoms with van der Waals surface area (Å²) in [6.07, 6.45) is 2.11. The molecule has 158 valence electrons. The number of carbonyl (C=O) groups excluding carboxylic acids is 3. The molecule has 0 spiro atoms. The topological polar surface area (TPSA) is 102 Å². The van der Waals surface area contributed by atoms with Crippen molar-refractivity contribution >= 4 is 23.5 Å². The van der Waals surface area contributed by atoms with Crippen molar-refractivity contribution < 1.29 is 19.1 Å². The Labute approximate surface area is 179 Å². The number of anilines is 1. The first kappa shape index (κ1) is 20.3. The summed E-state index contributed by atoms with van der Waals surface area (Å²) in [7, 11) is 1.53. The van der Waals surface area contributed by atoms with Crippen LogP contribution in [-0.4, -0.2) is 41.2 Å². The summed E-state index contributed by atoms with van der Waals surface area (Å²) >= 11 is 0. The molecular weight excluding hydrogens is 396 g/mol. The molecule has 0 saturated heterocycles. The molecule has 4 rings (SSSR count). The summed E-state index contributed by atoms with van der Waals surface area (Å²) in [5.41, 5.74) is 2.73. The first-order chi connectivity index (χ1) is 15.0. The van der Waals surface area contributed by atoms with Crippen molar-refractivity contribution in [3.8, 4) is 5.69 Å². The molecule has 0 atom stereocenters. The van der Waals surface area contributed by atoms with Gasteiger partial charge in [0.1, 0.15) is 0 Å². The van der Waals surface area contributed by atoms with E-state index in [1.165, 1.54) is 7.05 Å². The molecule has 0 aliphatic heterocycles. The Morgan fingerprint density at radius 2 is 1.84 bits per heavy atom. The summed E-state index contributed by atoms with van der Waals surface area (Å²) < 4.78 is 6.80. The highest BCUT2D eigenvalue weighted by atomic mass is 16.5. The van der Waals surface area contributed by atoms with Crippen molar-refractivity contribution in [2.45, 2.75) is 18.8 Å². The van der Waals surface area contributed by atoms with E-state index in [2.05, 4.69) is 15.7 Å². The van der Waals surface area contributed by atoms with Gasteiger partial charge in [-0.1, -0.05) is 24.3 Å². The largest absolute Gasteiger partial charge is 0.451 e. The third kappa shape index (κ3) is 4.80. The second-order valence-electron chi connectivity index (χ2n) is 7.26. The van der Waals surface area contributed by atoms with Crippen molar-refractivity contribution in [3.63, 3.8) is 0 Å². The van der Waals surface area contributed by atoms with Crippen LogP contribution in [0.25, 0.3) is 5.69 Å². The quantitative estimate of drug-likeness (QED) is 0.575. The van der Waals surface area contributed by atoms with E-state index < -0.39 is 18.5 Å². The Kier molecular flexibility index (Phi) is 5.79. The van der Waals surface area contributed by atoms with Crippen molar-refractivity contribution in [1.29, 1.82) is 0 Å². The zero-order chi connectivity index (χ0) is 21.8. The van der Waals surface area contributed by atoms with Crippen LogP contribution in [0.4, 0.5) is 5.69 Å². The van der Waals surface area contributed by atoms with Gasteiger partial charge in [0.2, 0.25) is 0 Å². The molecule has 1 saturated carbocycles. The summed E-state index contributed by atoms with van der Waals surface area (Å²) in [5, 5.41) is 9.72. The van der Waals surface area contributed by atoms with Crippen LogP contribution < -0.4 is 10.6 Å². The Bertz CT molecular complexity index is 1120. The van der Waals surface area contributed by atoms with Gasteiger partial charge in [-0.2, -0.15) is 5.10 Å². The number of para-hydroxylation sites is 1. The summed E-state index contributed by atoms with van der Waals surface area (Å²) in [6, 6.07) is 17.5. The number of nitrogens with zero attached hydrogens (tertiary/aromatic N) is 2. The van der Waals surface area contributed by atoms with Crippen molar-refractivity contribution in [1.82, 2.24) is 15.1 Å². The minimum Gasteiger partial charge on any atom is -0.451 e. The van der Waals surface area contributed by atoms with E-state index in [0.29, 0.717) is 17.2 Å². The van der Waals surface area contributed by atoms with Gasteiger partial charge in [0.05, 0.1) is 11.4 Å². The number of amides is 2. The molecule has 1 aliphatic rings. The van der Waals surface area contributed by atoms with E-state index in [1.54, 1.807) is 35.0 Å². The zero-order valence-electron chi connectivity index (χ0n) is 17.0. The van der Waals surface area contributed by atoms with Gasteiger partial charge in [0.15, 0.2) is 12.3 Å². The number of nitrogens with one attached hydrogen (secondary N) is 2. The average Bonchev–Trinajstić information content (AvgIpc) is 3.56. The highest BCUT2D eigenvalue weighted by molar-refractivity contribution is 5.98. The van der Waals surface area contributed by atoms with Crippen LogP contribution in [0.2, 0.25) is 0 Å². The molecule has 3 aromatic rings. The van der Waals surface area contributed by atoms with Gasteiger partial charge < -0.3 is 15.4 Å². The number of esters is 1. The van der Waals surface area contributed by atoms with Crippen LogP contribution in [0.5, 0.6) is 0 Å². The fourth-order valence-electron chi connectivity index (χ4n) is 3.17. The van der Waals surface area contributed by atoms with Gasteiger partial charge in [-0.3, -0.25) is 9.59 Å². The normalized spacial score (nSPS) is 12.8. The monoisotopic (exact) mass is 418 g/mol. The van der Waals surface area contributed by atoms with Crippen LogP contribution in [0.1, 0.15) is 45.3 Å². The number of ether oxygens (including phenoxy) is 1. The summed E-state index contributed by atoms with van der Waals surface area (Å²) in [4.78, 5) is 36.7. The van der Waals surface area contributed by atoms with Gasteiger partial charge in [0.25, 0.3) is 11.8 Å². The Hall–Kier alpha value is -3.94. The predicted molar refractivity (Wildman–Crippen MR) is 114 cm³/mol. The summed E-state index contributed by atoms with van der Waals surface area (Å²) in [6.45, 7) is -0.457. The van der Waals surface area contributed by atoms with E-state index >= 15 is 0 Å². The molecule has 0 radical (unpaired) electrons. The second kappa shape index (κ2) is 8.83. The lowest BCUT2D eigenvalue weighted by molar-refractivity contribution is -0.119. The standard InChI is InChI=1S/C23H22N4O4/c1-24-22(29)16-6-5-7-17(12-16)25-21(28)14-31-23(30)20-13-19(15-10-11-15)26-27(20)18-8-3-2-4-9-18/h2-9,12-13,15H,10-11,14H2,1H3,(H,24,29)(H,25,28). The van der Waals surface area contributed by atoms with Crippen molar-refractivity contribution in [2.75, 3.05) is 19.0 Å². The lowest BCUT2D eigenvalue weighted by Gasteiger charge is -2.09. The zero-order valence-corrected chi connectivity index (χ0v) is 17.0. The SMILES string of the molecule is CNC(=O)c1cccc(NC(=O)COC(=O)c2cc(C3CC3)nn2-c2ccccc2)c1. The smallest absolute Gasteiger partial charge is 0.357 e. The number of rotatable bonds is 7. The maximum atomic E-state index is 12.7. The fourth-order valence-corrected chi connectivity index (χ4v) is 3.17. The molecule has 2 aromatic carbocycles. The van der Waals surface area contributed by atoms with E-state index in [0.717, 1.165) is 24.2 Å². The molecule has 2 amide bonds. The molecule has 1 aliphatic carbocycles. The molecular formula is C23H22N4O4. The molecule has 31 heavy (non-hydrogen) atoms. The Morgan fingerprint density at radius 3 is 2.55 bits per heavy atom. The third-order valence-electron chi connectivity index (χ3n) is 4.90. The molecule has 1 fully saturated rings.